The van der Waals surface area contributed by atoms with Crippen molar-refractivity contribution in [1.82, 2.24) is 20.5 Å². The van der Waals surface area contributed by atoms with E-state index in [4.69, 9.17) is 4.99 Å². The number of aromatic nitrogens is 1. The van der Waals surface area contributed by atoms with Crippen molar-refractivity contribution in [2.45, 2.75) is 38.5 Å². The monoisotopic (exact) mass is 574 g/mol. The van der Waals surface area contributed by atoms with Gasteiger partial charge >= 0.3 is 6.18 Å². The molecule has 42 heavy (non-hydrogen) atoms. The molecule has 1 fully saturated rings. The minimum Gasteiger partial charge on any atom is -0.368 e. The predicted octanol–water partition coefficient (Wildman–Crippen LogP) is 6.43. The zero-order chi connectivity index (χ0) is 29.5. The fourth-order valence-electron chi connectivity index (χ4n) is 5.26. The third-order valence-electron chi connectivity index (χ3n) is 7.59. The molecule has 6 nitrogen and oxygen atoms in total. The summed E-state index contributed by atoms with van der Waals surface area (Å²) in [7, 11) is 0. The van der Waals surface area contributed by atoms with Gasteiger partial charge in [-0.15, -0.1) is 0 Å². The minimum atomic E-state index is -4.49. The van der Waals surface area contributed by atoms with E-state index in [9.17, 15) is 13.2 Å². The number of aliphatic imine (C=N–C) groups is 1. The maximum Gasteiger partial charge on any atom is 0.417 e. The van der Waals surface area contributed by atoms with Gasteiger partial charge in [0.05, 0.1) is 12.1 Å². The molecule has 0 bridgehead atoms. The lowest BCUT2D eigenvalue weighted by atomic mass is 9.95. The van der Waals surface area contributed by atoms with Crippen molar-refractivity contribution in [3.8, 4) is 0 Å². The first-order chi connectivity index (χ1) is 20.3. The van der Waals surface area contributed by atoms with Crippen LogP contribution in [0.4, 0.5) is 19.0 Å². The van der Waals surface area contributed by atoms with Gasteiger partial charge in [0.15, 0.2) is 0 Å². The van der Waals surface area contributed by atoms with E-state index in [1.807, 2.05) is 30.5 Å². The van der Waals surface area contributed by atoms with Gasteiger partial charge in [-0.05, 0) is 47.2 Å². The van der Waals surface area contributed by atoms with E-state index < -0.39 is 11.7 Å². The lowest BCUT2D eigenvalue weighted by Crippen LogP contribution is -2.36. The van der Waals surface area contributed by atoms with Crippen LogP contribution in [-0.2, 0) is 12.7 Å². The average molecular weight is 575 g/mol. The number of hydrogen-bond donors (Lipinski definition) is 3. The van der Waals surface area contributed by atoms with Gasteiger partial charge in [0.25, 0.3) is 0 Å². The molecule has 2 aliphatic heterocycles. The highest BCUT2D eigenvalue weighted by atomic mass is 19.4. The van der Waals surface area contributed by atoms with E-state index in [1.54, 1.807) is 6.07 Å². The molecule has 9 heteroatoms. The Kier molecular flexibility index (Phi) is 9.39. The Balaban J connectivity index is 1.34. The number of anilines is 1. The van der Waals surface area contributed by atoms with Gasteiger partial charge in [0.2, 0.25) is 0 Å². The molecular formula is C33H37F3N6. The van der Waals surface area contributed by atoms with Gasteiger partial charge in [0.1, 0.15) is 11.7 Å². The molecule has 3 heterocycles. The molecule has 1 aromatic heterocycles. The van der Waals surface area contributed by atoms with E-state index in [-0.39, 0.29) is 11.3 Å². The van der Waals surface area contributed by atoms with E-state index >= 15 is 0 Å². The number of amidine groups is 1. The lowest BCUT2D eigenvalue weighted by Gasteiger charge is -2.32. The van der Waals surface area contributed by atoms with Crippen LogP contribution in [0, 0.1) is 0 Å². The van der Waals surface area contributed by atoms with Crippen LogP contribution in [0.5, 0.6) is 0 Å². The average Bonchev–Trinajstić information content (AvgIpc) is 3.85. The summed E-state index contributed by atoms with van der Waals surface area (Å²) in [4.78, 5) is 11.8. The van der Waals surface area contributed by atoms with Gasteiger partial charge in [-0.2, -0.15) is 13.2 Å². The number of benzene rings is 2. The SMILES string of the molecule is C=C(NC(=NCCNc1ccc(C2CN2)cn1)C1=C(CC)CN(Cc2ccccc2)CC1)c1ccccc1C(F)(F)F. The fourth-order valence-corrected chi connectivity index (χ4v) is 5.26. The summed E-state index contributed by atoms with van der Waals surface area (Å²) < 4.78 is 41.4. The van der Waals surface area contributed by atoms with Crippen molar-refractivity contribution in [1.29, 1.82) is 0 Å². The number of hydrogen-bond acceptors (Lipinski definition) is 5. The van der Waals surface area contributed by atoms with Gasteiger partial charge in [0, 0.05) is 56.2 Å². The number of alkyl halides is 3. The Labute approximate surface area is 245 Å². The summed E-state index contributed by atoms with van der Waals surface area (Å²) in [6, 6.07) is 20.3. The van der Waals surface area contributed by atoms with Crippen LogP contribution in [-0.4, -0.2) is 48.4 Å². The van der Waals surface area contributed by atoms with Crippen LogP contribution in [0.2, 0.25) is 0 Å². The van der Waals surface area contributed by atoms with Crippen molar-refractivity contribution in [3.05, 3.63) is 113 Å². The molecule has 220 valence electrons. The Bertz CT molecular complexity index is 1430. The second-order valence-electron chi connectivity index (χ2n) is 10.6. The summed E-state index contributed by atoms with van der Waals surface area (Å²) in [6.07, 6.45) is -1.07. The lowest BCUT2D eigenvalue weighted by molar-refractivity contribution is -0.137. The topological polar surface area (TPSA) is 74.5 Å². The highest BCUT2D eigenvalue weighted by molar-refractivity contribution is 6.04. The summed E-state index contributed by atoms with van der Waals surface area (Å²) in [5.74, 6) is 1.34. The number of halogens is 3. The van der Waals surface area contributed by atoms with Crippen molar-refractivity contribution >= 4 is 17.4 Å². The molecule has 0 spiro atoms. The second-order valence-corrected chi connectivity index (χ2v) is 10.6. The molecule has 1 saturated heterocycles. The molecule has 0 amide bonds. The van der Waals surface area contributed by atoms with Crippen LogP contribution in [0.1, 0.15) is 48.1 Å². The molecule has 3 aromatic rings. The van der Waals surface area contributed by atoms with E-state index in [1.165, 1.54) is 28.8 Å². The van der Waals surface area contributed by atoms with Crippen molar-refractivity contribution < 1.29 is 13.2 Å². The first-order valence-corrected chi connectivity index (χ1v) is 14.4. The van der Waals surface area contributed by atoms with Crippen molar-refractivity contribution in [2.75, 3.05) is 38.0 Å². The highest BCUT2D eigenvalue weighted by Gasteiger charge is 2.34. The van der Waals surface area contributed by atoms with E-state index in [0.717, 1.165) is 56.5 Å². The zero-order valence-corrected chi connectivity index (χ0v) is 23.8. The van der Waals surface area contributed by atoms with Crippen LogP contribution in [0.15, 0.2) is 95.6 Å². The van der Waals surface area contributed by atoms with Gasteiger partial charge in [-0.25, -0.2) is 4.98 Å². The van der Waals surface area contributed by atoms with E-state index in [0.29, 0.717) is 25.0 Å². The number of nitrogens with zero attached hydrogens (tertiary/aromatic N) is 3. The van der Waals surface area contributed by atoms with Gasteiger partial charge in [-0.3, -0.25) is 9.89 Å². The Hall–Kier alpha value is -3.95. The van der Waals surface area contributed by atoms with Crippen LogP contribution in [0.25, 0.3) is 5.70 Å². The smallest absolute Gasteiger partial charge is 0.368 e. The maximum atomic E-state index is 13.8. The molecule has 0 saturated carbocycles. The van der Waals surface area contributed by atoms with Gasteiger partial charge < -0.3 is 16.0 Å². The number of pyridine rings is 1. The van der Waals surface area contributed by atoms with Crippen molar-refractivity contribution in [2.24, 2.45) is 4.99 Å². The van der Waals surface area contributed by atoms with Gasteiger partial charge in [-0.1, -0.05) is 68.1 Å². The number of rotatable bonds is 11. The standard InChI is InChI=1S/C33H37F3N6/c1-3-25-22-42(21-24-9-5-4-6-10-24)18-15-28(25)32(41-23(2)27-11-7-8-12-29(27)33(34,35)36)38-17-16-37-31-14-13-26(19-40-31)30-20-39-30/h4-14,19,30,39H,2-3,15-18,20-22H2,1H3,(H,37,40)(H,38,41). The first-order valence-electron chi connectivity index (χ1n) is 14.4. The van der Waals surface area contributed by atoms with Crippen LogP contribution < -0.4 is 16.0 Å². The highest BCUT2D eigenvalue weighted by Crippen LogP contribution is 2.34. The molecule has 1 unspecified atom stereocenters. The minimum absolute atomic E-state index is 0.0189. The van der Waals surface area contributed by atoms with Crippen LogP contribution in [0.3, 0.4) is 0 Å². The maximum absolute atomic E-state index is 13.8. The Morgan fingerprint density at radius 2 is 1.86 bits per heavy atom. The molecule has 0 aliphatic carbocycles. The molecule has 0 radical (unpaired) electrons. The second kappa shape index (κ2) is 13.4. The summed E-state index contributed by atoms with van der Waals surface area (Å²) in [6.45, 7) is 10.5. The molecule has 3 N–H and O–H groups in total. The molecular weight excluding hydrogens is 537 g/mol. The molecule has 2 aromatic carbocycles. The largest absolute Gasteiger partial charge is 0.417 e. The van der Waals surface area contributed by atoms with E-state index in [2.05, 4.69) is 57.5 Å². The molecule has 5 rings (SSSR count). The predicted molar refractivity (Wildman–Crippen MR) is 163 cm³/mol. The number of nitrogens with one attached hydrogen (secondary N) is 3. The van der Waals surface area contributed by atoms with Crippen LogP contribution >= 0.6 is 0 Å². The normalized spacial score (nSPS) is 17.7. The van der Waals surface area contributed by atoms with Crippen molar-refractivity contribution in [3.63, 3.8) is 0 Å². The molecule has 2 aliphatic rings. The summed E-state index contributed by atoms with van der Waals surface area (Å²) in [5, 5.41) is 9.77. The summed E-state index contributed by atoms with van der Waals surface area (Å²) in [5.41, 5.74) is 4.16. The third-order valence-corrected chi connectivity index (χ3v) is 7.59. The Morgan fingerprint density at radius 3 is 2.55 bits per heavy atom. The molecule has 1 atom stereocenters. The summed E-state index contributed by atoms with van der Waals surface area (Å²) >= 11 is 0. The fraction of sp³-hybridized carbons (Fsp3) is 0.333. The Morgan fingerprint density at radius 1 is 1.10 bits per heavy atom. The third kappa shape index (κ3) is 7.66. The quantitative estimate of drug-likeness (QED) is 0.107. The first kappa shape index (κ1) is 29.5. The zero-order valence-electron chi connectivity index (χ0n) is 23.8.